The van der Waals surface area contributed by atoms with Crippen molar-refractivity contribution >= 4 is 0 Å². The molecule has 0 aliphatic carbocycles. The van der Waals surface area contributed by atoms with Crippen LogP contribution in [-0.2, 0) is 0 Å². The van der Waals surface area contributed by atoms with Gasteiger partial charge in [-0.15, -0.1) is 0 Å². The van der Waals surface area contributed by atoms with Crippen molar-refractivity contribution in [2.75, 3.05) is 14.1 Å². The third-order valence-corrected chi connectivity index (χ3v) is 2.10. The van der Waals surface area contributed by atoms with Crippen molar-refractivity contribution in [1.82, 2.24) is 4.90 Å². The molecule has 0 saturated carbocycles. The highest BCUT2D eigenvalue weighted by molar-refractivity contribution is 5.09. The molecule has 1 rings (SSSR count). The molecule has 0 saturated heterocycles. The summed E-state index contributed by atoms with van der Waals surface area (Å²) in [4.78, 5) is 2.18. The molecule has 0 amide bonds. The fourth-order valence-corrected chi connectivity index (χ4v) is 1.45. The summed E-state index contributed by atoms with van der Waals surface area (Å²) >= 11 is 0. The SMILES string of the molecule is CCC(c1ccc(C)o1)N(C)C. The molecule has 1 atom stereocenters. The molecular weight excluding hydrogens is 150 g/mol. The maximum absolute atomic E-state index is 5.56. The first-order valence-corrected chi connectivity index (χ1v) is 4.38. The van der Waals surface area contributed by atoms with E-state index in [-0.39, 0.29) is 0 Å². The van der Waals surface area contributed by atoms with E-state index in [2.05, 4.69) is 32.0 Å². The van der Waals surface area contributed by atoms with Gasteiger partial charge in [-0.3, -0.25) is 4.90 Å². The molecule has 0 spiro atoms. The lowest BCUT2D eigenvalue weighted by Crippen LogP contribution is -2.18. The fourth-order valence-electron chi connectivity index (χ4n) is 1.45. The van der Waals surface area contributed by atoms with Crippen molar-refractivity contribution in [2.45, 2.75) is 26.3 Å². The summed E-state index contributed by atoms with van der Waals surface area (Å²) in [6.07, 6.45) is 1.08. The smallest absolute Gasteiger partial charge is 0.121 e. The monoisotopic (exact) mass is 167 g/mol. The Bertz CT molecular complexity index is 240. The van der Waals surface area contributed by atoms with E-state index in [9.17, 15) is 0 Å². The van der Waals surface area contributed by atoms with Crippen molar-refractivity contribution in [3.63, 3.8) is 0 Å². The highest BCUT2D eigenvalue weighted by Gasteiger charge is 2.14. The van der Waals surface area contributed by atoms with Crippen LogP contribution in [0, 0.1) is 6.92 Å². The summed E-state index contributed by atoms with van der Waals surface area (Å²) in [6, 6.07) is 4.49. The van der Waals surface area contributed by atoms with Gasteiger partial charge in [0.05, 0.1) is 6.04 Å². The van der Waals surface area contributed by atoms with Gasteiger partial charge in [-0.25, -0.2) is 0 Å². The molecule has 2 nitrogen and oxygen atoms in total. The molecule has 0 N–H and O–H groups in total. The summed E-state index contributed by atoms with van der Waals surface area (Å²) in [5, 5.41) is 0. The Hall–Kier alpha value is -0.760. The molecule has 68 valence electrons. The molecule has 0 radical (unpaired) electrons. The van der Waals surface area contributed by atoms with Crippen LogP contribution in [0.4, 0.5) is 0 Å². The number of rotatable bonds is 3. The maximum Gasteiger partial charge on any atom is 0.121 e. The second kappa shape index (κ2) is 3.76. The second-order valence-electron chi connectivity index (χ2n) is 3.34. The first-order chi connectivity index (χ1) is 5.65. The minimum Gasteiger partial charge on any atom is -0.465 e. The highest BCUT2D eigenvalue weighted by atomic mass is 16.3. The average Bonchev–Trinajstić information content (AvgIpc) is 2.37. The minimum atomic E-state index is 0.415. The summed E-state index contributed by atoms with van der Waals surface area (Å²) < 4.78 is 5.56. The number of furan rings is 1. The fraction of sp³-hybridized carbons (Fsp3) is 0.600. The van der Waals surface area contributed by atoms with E-state index >= 15 is 0 Å². The first kappa shape index (κ1) is 9.33. The third-order valence-electron chi connectivity index (χ3n) is 2.10. The van der Waals surface area contributed by atoms with Crippen LogP contribution in [0.5, 0.6) is 0 Å². The van der Waals surface area contributed by atoms with Crippen LogP contribution in [0.15, 0.2) is 16.5 Å². The Morgan fingerprint density at radius 1 is 1.42 bits per heavy atom. The Morgan fingerprint density at radius 3 is 2.42 bits per heavy atom. The van der Waals surface area contributed by atoms with E-state index in [1.807, 2.05) is 13.0 Å². The topological polar surface area (TPSA) is 16.4 Å². The van der Waals surface area contributed by atoms with Gasteiger partial charge in [-0.05, 0) is 39.6 Å². The number of nitrogens with zero attached hydrogens (tertiary/aromatic N) is 1. The van der Waals surface area contributed by atoms with Crippen LogP contribution in [0.25, 0.3) is 0 Å². The summed E-state index contributed by atoms with van der Waals surface area (Å²) in [6.45, 7) is 4.15. The zero-order valence-corrected chi connectivity index (χ0v) is 8.29. The third kappa shape index (κ3) is 1.89. The zero-order valence-electron chi connectivity index (χ0n) is 8.29. The molecule has 1 aromatic rings. The Balaban J connectivity index is 2.80. The van der Waals surface area contributed by atoms with Gasteiger partial charge in [0.1, 0.15) is 11.5 Å². The van der Waals surface area contributed by atoms with Gasteiger partial charge in [0, 0.05) is 0 Å². The van der Waals surface area contributed by atoms with Gasteiger partial charge in [-0.2, -0.15) is 0 Å². The van der Waals surface area contributed by atoms with E-state index in [0.717, 1.165) is 17.9 Å². The van der Waals surface area contributed by atoms with Crippen molar-refractivity contribution in [1.29, 1.82) is 0 Å². The van der Waals surface area contributed by atoms with Crippen molar-refractivity contribution in [2.24, 2.45) is 0 Å². The summed E-state index contributed by atoms with van der Waals surface area (Å²) in [7, 11) is 4.15. The van der Waals surface area contributed by atoms with Gasteiger partial charge in [0.25, 0.3) is 0 Å². The largest absolute Gasteiger partial charge is 0.465 e. The number of hydrogen-bond acceptors (Lipinski definition) is 2. The van der Waals surface area contributed by atoms with Crippen LogP contribution in [0.2, 0.25) is 0 Å². The molecule has 1 unspecified atom stereocenters. The molecule has 1 aromatic heterocycles. The highest BCUT2D eigenvalue weighted by Crippen LogP contribution is 2.23. The zero-order chi connectivity index (χ0) is 9.14. The van der Waals surface area contributed by atoms with Crippen LogP contribution in [0.1, 0.15) is 30.9 Å². The van der Waals surface area contributed by atoms with E-state index in [1.54, 1.807) is 0 Å². The second-order valence-corrected chi connectivity index (χ2v) is 3.34. The molecule has 0 aliphatic rings. The first-order valence-electron chi connectivity index (χ1n) is 4.38. The molecule has 0 aromatic carbocycles. The van der Waals surface area contributed by atoms with E-state index in [0.29, 0.717) is 6.04 Å². The molecule has 1 heterocycles. The molecular formula is C10H17NO. The number of aryl methyl sites for hydroxylation is 1. The molecule has 12 heavy (non-hydrogen) atoms. The van der Waals surface area contributed by atoms with Gasteiger partial charge in [0.15, 0.2) is 0 Å². The van der Waals surface area contributed by atoms with Gasteiger partial charge >= 0.3 is 0 Å². The van der Waals surface area contributed by atoms with Crippen molar-refractivity contribution < 1.29 is 4.42 Å². The van der Waals surface area contributed by atoms with Crippen LogP contribution in [-0.4, -0.2) is 19.0 Å². The van der Waals surface area contributed by atoms with E-state index < -0.39 is 0 Å². The van der Waals surface area contributed by atoms with Gasteiger partial charge < -0.3 is 4.42 Å². The Kier molecular flexibility index (Phi) is 2.93. The lowest BCUT2D eigenvalue weighted by atomic mass is 10.1. The molecule has 0 aliphatic heterocycles. The van der Waals surface area contributed by atoms with Crippen LogP contribution in [0.3, 0.4) is 0 Å². The Morgan fingerprint density at radius 2 is 2.08 bits per heavy atom. The molecule has 0 bridgehead atoms. The van der Waals surface area contributed by atoms with Gasteiger partial charge in [0.2, 0.25) is 0 Å². The molecule has 0 fully saturated rings. The standard InChI is InChI=1S/C10H17NO/c1-5-9(11(3)4)10-7-6-8(2)12-10/h6-7,9H,5H2,1-4H3. The normalized spacial score (nSPS) is 13.8. The quantitative estimate of drug-likeness (QED) is 0.688. The predicted octanol–water partition coefficient (Wildman–Crippen LogP) is 2.60. The van der Waals surface area contributed by atoms with Crippen molar-refractivity contribution in [3.05, 3.63) is 23.7 Å². The summed E-state index contributed by atoms with van der Waals surface area (Å²) in [5.41, 5.74) is 0. The lowest BCUT2D eigenvalue weighted by molar-refractivity contribution is 0.249. The van der Waals surface area contributed by atoms with Crippen LogP contribution < -0.4 is 0 Å². The Labute approximate surface area is 74.2 Å². The van der Waals surface area contributed by atoms with Crippen LogP contribution >= 0.6 is 0 Å². The predicted molar refractivity (Wildman–Crippen MR) is 50.2 cm³/mol. The minimum absolute atomic E-state index is 0.415. The van der Waals surface area contributed by atoms with Crippen molar-refractivity contribution in [3.8, 4) is 0 Å². The van der Waals surface area contributed by atoms with E-state index in [1.165, 1.54) is 0 Å². The lowest BCUT2D eigenvalue weighted by Gasteiger charge is -2.20. The van der Waals surface area contributed by atoms with E-state index in [4.69, 9.17) is 4.42 Å². The maximum atomic E-state index is 5.56. The average molecular weight is 167 g/mol. The summed E-state index contributed by atoms with van der Waals surface area (Å²) in [5.74, 6) is 2.06. The van der Waals surface area contributed by atoms with Gasteiger partial charge in [-0.1, -0.05) is 6.92 Å². The molecule has 2 heteroatoms. The number of hydrogen-bond donors (Lipinski definition) is 0.